The maximum atomic E-state index is 11.8. The van der Waals surface area contributed by atoms with E-state index in [9.17, 15) is 9.59 Å². The first-order valence-electron chi connectivity index (χ1n) is 5.67. The molecule has 2 atom stereocenters. The molecule has 0 fully saturated rings. The van der Waals surface area contributed by atoms with Gasteiger partial charge in [0.05, 0.1) is 21.7 Å². The number of carboxylic acid groups (broad SMARTS) is 1. The topological polar surface area (TPSA) is 78.4 Å². The number of urea groups is 1. The van der Waals surface area contributed by atoms with Crippen LogP contribution in [0.3, 0.4) is 0 Å². The van der Waals surface area contributed by atoms with Gasteiger partial charge in [-0.3, -0.25) is 4.79 Å². The number of anilines is 1. The van der Waals surface area contributed by atoms with Crippen LogP contribution in [0.25, 0.3) is 0 Å². The number of nitrogens with one attached hydrogen (secondary N) is 2. The molecule has 0 aliphatic heterocycles. The molecule has 110 valence electrons. The second-order valence-corrected chi connectivity index (χ2v) is 5.85. The minimum atomic E-state index is -0.984. The fourth-order valence-electron chi connectivity index (χ4n) is 1.33. The summed E-state index contributed by atoms with van der Waals surface area (Å²) in [5.41, 5.74) is 0.340. The van der Waals surface area contributed by atoms with Crippen LogP contribution in [0.1, 0.15) is 13.8 Å². The molecular weight excluding hydrogens is 371 g/mol. The number of halogens is 3. The average molecular weight is 384 g/mol. The van der Waals surface area contributed by atoms with E-state index in [1.807, 2.05) is 0 Å². The lowest BCUT2D eigenvalue weighted by molar-refractivity contribution is -0.141. The van der Waals surface area contributed by atoms with Gasteiger partial charge in [-0.25, -0.2) is 4.79 Å². The SMILES string of the molecule is CC(NC(=O)Nc1ccc(Br)c(Cl)c1Cl)C(C)C(=O)O. The highest BCUT2D eigenvalue weighted by Crippen LogP contribution is 2.35. The van der Waals surface area contributed by atoms with Crippen LogP contribution in [0, 0.1) is 5.92 Å². The minimum Gasteiger partial charge on any atom is -0.481 e. The lowest BCUT2D eigenvalue weighted by atomic mass is 10.0. The Kier molecular flexibility index (Phi) is 6.10. The highest BCUT2D eigenvalue weighted by Gasteiger charge is 2.21. The molecule has 1 aromatic rings. The second-order valence-electron chi connectivity index (χ2n) is 4.24. The maximum absolute atomic E-state index is 11.8. The molecular formula is C12H13BrCl2N2O3. The zero-order chi connectivity index (χ0) is 15.4. The Balaban J connectivity index is 2.73. The molecule has 0 bridgehead atoms. The van der Waals surface area contributed by atoms with Crippen molar-refractivity contribution in [2.24, 2.45) is 5.92 Å². The smallest absolute Gasteiger partial charge is 0.319 e. The summed E-state index contributed by atoms with van der Waals surface area (Å²) in [4.78, 5) is 22.6. The van der Waals surface area contributed by atoms with E-state index in [-0.39, 0.29) is 10.0 Å². The summed E-state index contributed by atoms with van der Waals surface area (Å²) in [6.45, 7) is 3.12. The van der Waals surface area contributed by atoms with Crippen LogP contribution in [0.15, 0.2) is 16.6 Å². The number of carboxylic acids is 1. The number of carbonyl (C=O) groups excluding carboxylic acids is 1. The van der Waals surface area contributed by atoms with Crippen LogP contribution < -0.4 is 10.6 Å². The Labute approximate surface area is 134 Å². The van der Waals surface area contributed by atoms with Crippen LogP contribution in [0.5, 0.6) is 0 Å². The number of hydrogen-bond acceptors (Lipinski definition) is 2. The minimum absolute atomic E-state index is 0.204. The number of amides is 2. The van der Waals surface area contributed by atoms with Gasteiger partial charge in [0.25, 0.3) is 0 Å². The fraction of sp³-hybridized carbons (Fsp3) is 0.333. The molecule has 0 saturated carbocycles. The molecule has 20 heavy (non-hydrogen) atoms. The summed E-state index contributed by atoms with van der Waals surface area (Å²) >= 11 is 15.1. The molecule has 0 aliphatic carbocycles. The van der Waals surface area contributed by atoms with Crippen LogP contribution in [0.2, 0.25) is 10.0 Å². The molecule has 0 radical (unpaired) electrons. The standard InChI is InChI=1S/C12H13BrCl2N2O3/c1-5(11(18)19)6(2)16-12(20)17-8-4-3-7(13)9(14)10(8)15/h3-6H,1-2H3,(H,18,19)(H2,16,17,20). The van der Waals surface area contributed by atoms with Crippen molar-refractivity contribution in [3.63, 3.8) is 0 Å². The van der Waals surface area contributed by atoms with E-state index in [1.165, 1.54) is 6.92 Å². The zero-order valence-electron chi connectivity index (χ0n) is 10.7. The van der Waals surface area contributed by atoms with Crippen LogP contribution >= 0.6 is 39.1 Å². The first-order valence-corrected chi connectivity index (χ1v) is 7.22. The predicted octanol–water partition coefficient (Wildman–Crippen LogP) is 3.99. The van der Waals surface area contributed by atoms with E-state index in [1.54, 1.807) is 19.1 Å². The summed E-state index contributed by atoms with van der Waals surface area (Å²) < 4.78 is 0.614. The molecule has 0 saturated heterocycles. The number of rotatable bonds is 4. The van der Waals surface area contributed by atoms with Crippen molar-refractivity contribution in [1.29, 1.82) is 0 Å². The third kappa shape index (κ3) is 4.26. The quantitative estimate of drug-likeness (QED) is 0.688. The van der Waals surface area contributed by atoms with Crippen molar-refractivity contribution in [3.8, 4) is 0 Å². The van der Waals surface area contributed by atoms with Gasteiger partial charge in [0, 0.05) is 10.5 Å². The zero-order valence-corrected chi connectivity index (χ0v) is 13.8. The molecule has 0 aliphatic rings. The van der Waals surface area contributed by atoms with Gasteiger partial charge in [0.2, 0.25) is 0 Å². The van der Waals surface area contributed by atoms with Crippen LogP contribution in [-0.4, -0.2) is 23.1 Å². The number of benzene rings is 1. The van der Waals surface area contributed by atoms with Gasteiger partial charge in [0.15, 0.2) is 0 Å². The Morgan fingerprint density at radius 1 is 1.25 bits per heavy atom. The third-order valence-corrected chi connectivity index (χ3v) is 4.55. The molecule has 2 unspecified atom stereocenters. The molecule has 1 rings (SSSR count). The van der Waals surface area contributed by atoms with Crippen molar-refractivity contribution < 1.29 is 14.7 Å². The first-order chi connectivity index (χ1) is 9.23. The van der Waals surface area contributed by atoms with Gasteiger partial charge in [-0.2, -0.15) is 0 Å². The third-order valence-electron chi connectivity index (χ3n) is 2.78. The Hall–Kier alpha value is -0.980. The first kappa shape index (κ1) is 17.1. The molecule has 8 heteroatoms. The normalized spacial score (nSPS) is 13.4. The molecule has 1 aromatic carbocycles. The van der Waals surface area contributed by atoms with Crippen molar-refractivity contribution in [1.82, 2.24) is 5.32 Å². The monoisotopic (exact) mass is 382 g/mol. The van der Waals surface area contributed by atoms with E-state index in [2.05, 4.69) is 26.6 Å². The molecule has 0 spiro atoms. The van der Waals surface area contributed by atoms with E-state index >= 15 is 0 Å². The van der Waals surface area contributed by atoms with E-state index in [0.29, 0.717) is 10.2 Å². The summed E-state index contributed by atoms with van der Waals surface area (Å²) in [7, 11) is 0. The second kappa shape index (κ2) is 7.15. The molecule has 2 amide bonds. The molecule has 0 aromatic heterocycles. The highest BCUT2D eigenvalue weighted by atomic mass is 79.9. The molecule has 3 N–H and O–H groups in total. The van der Waals surface area contributed by atoms with Crippen molar-refractivity contribution >= 4 is 56.8 Å². The van der Waals surface area contributed by atoms with Gasteiger partial charge in [0.1, 0.15) is 0 Å². The van der Waals surface area contributed by atoms with Crippen molar-refractivity contribution in [2.45, 2.75) is 19.9 Å². The van der Waals surface area contributed by atoms with Gasteiger partial charge in [-0.15, -0.1) is 0 Å². The van der Waals surface area contributed by atoms with Gasteiger partial charge in [-0.1, -0.05) is 23.2 Å². The lowest BCUT2D eigenvalue weighted by Gasteiger charge is -2.18. The van der Waals surface area contributed by atoms with Gasteiger partial charge < -0.3 is 15.7 Å². The summed E-state index contributed by atoms with van der Waals surface area (Å²) in [6.07, 6.45) is 0. The molecule has 0 heterocycles. The number of aliphatic carboxylic acids is 1. The number of carbonyl (C=O) groups is 2. The van der Waals surface area contributed by atoms with Crippen LogP contribution in [0.4, 0.5) is 10.5 Å². The lowest BCUT2D eigenvalue weighted by Crippen LogP contribution is -2.42. The Bertz CT molecular complexity index is 540. The van der Waals surface area contributed by atoms with Crippen molar-refractivity contribution in [3.05, 3.63) is 26.7 Å². The Morgan fingerprint density at radius 2 is 1.85 bits per heavy atom. The van der Waals surface area contributed by atoms with Gasteiger partial charge in [-0.05, 0) is 41.9 Å². The maximum Gasteiger partial charge on any atom is 0.319 e. The largest absolute Gasteiger partial charge is 0.481 e. The van der Waals surface area contributed by atoms with E-state index in [4.69, 9.17) is 28.3 Å². The van der Waals surface area contributed by atoms with Crippen LogP contribution in [-0.2, 0) is 4.79 Å². The average Bonchev–Trinajstić information content (AvgIpc) is 2.38. The van der Waals surface area contributed by atoms with Gasteiger partial charge >= 0.3 is 12.0 Å². The fourth-order valence-corrected chi connectivity index (χ4v) is 2.15. The summed E-state index contributed by atoms with van der Waals surface area (Å²) in [5.74, 6) is -1.69. The highest BCUT2D eigenvalue weighted by molar-refractivity contribution is 9.10. The van der Waals surface area contributed by atoms with E-state index in [0.717, 1.165) is 0 Å². The Morgan fingerprint density at radius 3 is 2.40 bits per heavy atom. The van der Waals surface area contributed by atoms with E-state index < -0.39 is 24.0 Å². The molecule has 5 nitrogen and oxygen atoms in total. The summed E-state index contributed by atoms with van der Waals surface area (Å²) in [6, 6.07) is 2.15. The predicted molar refractivity (Wildman–Crippen MR) is 82.6 cm³/mol. The summed E-state index contributed by atoms with van der Waals surface area (Å²) in [5, 5.41) is 14.4. The number of hydrogen-bond donors (Lipinski definition) is 3. The van der Waals surface area contributed by atoms with Crippen molar-refractivity contribution in [2.75, 3.05) is 5.32 Å².